The van der Waals surface area contributed by atoms with Crippen LogP contribution < -0.4 is 11.1 Å². The lowest BCUT2D eigenvalue weighted by Crippen LogP contribution is -2.42. The highest BCUT2D eigenvalue weighted by Crippen LogP contribution is 2.24. The molecule has 17 heavy (non-hydrogen) atoms. The number of carbonyl (C=O) groups excluding carboxylic acids is 1. The second-order valence-electron chi connectivity index (χ2n) is 4.86. The molecule has 92 valence electrons. The van der Waals surface area contributed by atoms with E-state index < -0.39 is 0 Å². The maximum Gasteiger partial charge on any atom is 0.251 e. The summed E-state index contributed by atoms with van der Waals surface area (Å²) >= 11 is 0. The SMILES string of the molecule is CCc1ccc(C(=O)NCC2CC(N)C2)cc1. The first kappa shape index (κ1) is 12.1. The third-order valence-electron chi connectivity index (χ3n) is 3.45. The minimum absolute atomic E-state index is 0.0214. The fraction of sp³-hybridized carbons (Fsp3) is 0.500. The number of rotatable bonds is 4. The molecule has 1 aliphatic carbocycles. The Bertz CT molecular complexity index is 380. The van der Waals surface area contributed by atoms with Gasteiger partial charge in [0.2, 0.25) is 0 Å². The van der Waals surface area contributed by atoms with Crippen molar-refractivity contribution in [2.75, 3.05) is 6.54 Å². The van der Waals surface area contributed by atoms with Crippen LogP contribution in [-0.4, -0.2) is 18.5 Å². The number of nitrogens with one attached hydrogen (secondary N) is 1. The molecule has 1 aliphatic rings. The van der Waals surface area contributed by atoms with E-state index in [2.05, 4.69) is 12.2 Å². The van der Waals surface area contributed by atoms with E-state index in [9.17, 15) is 4.79 Å². The third-order valence-corrected chi connectivity index (χ3v) is 3.45. The van der Waals surface area contributed by atoms with Crippen molar-refractivity contribution in [2.45, 2.75) is 32.2 Å². The van der Waals surface area contributed by atoms with Crippen molar-refractivity contribution in [1.82, 2.24) is 5.32 Å². The zero-order chi connectivity index (χ0) is 12.3. The normalized spacial score (nSPS) is 22.9. The van der Waals surface area contributed by atoms with E-state index in [1.165, 1.54) is 5.56 Å². The van der Waals surface area contributed by atoms with Crippen LogP contribution >= 0.6 is 0 Å². The highest BCUT2D eigenvalue weighted by Gasteiger charge is 2.25. The zero-order valence-corrected chi connectivity index (χ0v) is 10.3. The van der Waals surface area contributed by atoms with E-state index in [1.54, 1.807) is 0 Å². The summed E-state index contributed by atoms with van der Waals surface area (Å²) in [6.07, 6.45) is 3.08. The van der Waals surface area contributed by atoms with E-state index >= 15 is 0 Å². The third kappa shape index (κ3) is 3.07. The van der Waals surface area contributed by atoms with Crippen LogP contribution in [0.5, 0.6) is 0 Å². The zero-order valence-electron chi connectivity index (χ0n) is 10.3. The van der Waals surface area contributed by atoms with E-state index in [-0.39, 0.29) is 5.91 Å². The first-order valence-corrected chi connectivity index (χ1v) is 6.31. The van der Waals surface area contributed by atoms with Crippen molar-refractivity contribution in [1.29, 1.82) is 0 Å². The Labute approximate surface area is 102 Å². The number of carbonyl (C=O) groups is 1. The molecule has 2 rings (SSSR count). The lowest BCUT2D eigenvalue weighted by atomic mass is 9.81. The minimum Gasteiger partial charge on any atom is -0.352 e. The van der Waals surface area contributed by atoms with E-state index in [4.69, 9.17) is 5.73 Å². The molecule has 0 radical (unpaired) electrons. The van der Waals surface area contributed by atoms with E-state index in [0.29, 0.717) is 12.0 Å². The number of hydrogen-bond acceptors (Lipinski definition) is 2. The molecule has 3 heteroatoms. The summed E-state index contributed by atoms with van der Waals surface area (Å²) in [7, 11) is 0. The summed E-state index contributed by atoms with van der Waals surface area (Å²) in [6.45, 7) is 2.86. The Kier molecular flexibility index (Phi) is 3.79. The van der Waals surface area contributed by atoms with Crippen molar-refractivity contribution < 1.29 is 4.79 Å². The predicted molar refractivity (Wildman–Crippen MR) is 68.9 cm³/mol. The van der Waals surface area contributed by atoms with Crippen LogP contribution in [0.25, 0.3) is 0 Å². The fourth-order valence-electron chi connectivity index (χ4n) is 2.18. The summed E-state index contributed by atoms with van der Waals surface area (Å²) in [5.41, 5.74) is 7.70. The molecule has 0 unspecified atom stereocenters. The molecule has 1 saturated carbocycles. The molecule has 1 aromatic carbocycles. The molecule has 3 N–H and O–H groups in total. The van der Waals surface area contributed by atoms with Crippen LogP contribution in [0.2, 0.25) is 0 Å². The topological polar surface area (TPSA) is 55.1 Å². The Hall–Kier alpha value is -1.35. The maximum atomic E-state index is 11.8. The van der Waals surface area contributed by atoms with Gasteiger partial charge in [0, 0.05) is 18.2 Å². The second-order valence-corrected chi connectivity index (χ2v) is 4.86. The summed E-state index contributed by atoms with van der Waals surface area (Å²) < 4.78 is 0. The number of nitrogens with two attached hydrogens (primary N) is 1. The van der Waals surface area contributed by atoms with Crippen molar-refractivity contribution in [3.8, 4) is 0 Å². The number of benzene rings is 1. The van der Waals surface area contributed by atoms with Crippen molar-refractivity contribution in [3.63, 3.8) is 0 Å². The maximum absolute atomic E-state index is 11.8. The predicted octanol–water partition coefficient (Wildman–Crippen LogP) is 1.72. The van der Waals surface area contributed by atoms with E-state index in [1.807, 2.05) is 24.3 Å². The molecule has 1 amide bonds. The first-order valence-electron chi connectivity index (χ1n) is 6.31. The van der Waals surface area contributed by atoms with Gasteiger partial charge in [-0.05, 0) is 42.9 Å². The van der Waals surface area contributed by atoms with Crippen LogP contribution in [0.15, 0.2) is 24.3 Å². The van der Waals surface area contributed by atoms with Gasteiger partial charge in [0.25, 0.3) is 5.91 Å². The van der Waals surface area contributed by atoms with Gasteiger partial charge < -0.3 is 11.1 Å². The molecule has 0 aliphatic heterocycles. The van der Waals surface area contributed by atoms with Gasteiger partial charge in [0.15, 0.2) is 0 Å². The summed E-state index contributed by atoms with van der Waals surface area (Å²) in [5, 5.41) is 2.96. The Morgan fingerprint density at radius 1 is 1.35 bits per heavy atom. The van der Waals surface area contributed by atoms with Crippen molar-refractivity contribution in [3.05, 3.63) is 35.4 Å². The molecule has 3 nitrogen and oxygen atoms in total. The summed E-state index contributed by atoms with van der Waals surface area (Å²) in [5.74, 6) is 0.594. The van der Waals surface area contributed by atoms with Gasteiger partial charge in [-0.15, -0.1) is 0 Å². The van der Waals surface area contributed by atoms with Crippen molar-refractivity contribution >= 4 is 5.91 Å². The van der Waals surface area contributed by atoms with E-state index in [0.717, 1.165) is 31.4 Å². The Morgan fingerprint density at radius 2 is 2.00 bits per heavy atom. The first-order chi connectivity index (χ1) is 8.19. The number of hydrogen-bond donors (Lipinski definition) is 2. The smallest absolute Gasteiger partial charge is 0.251 e. The van der Waals surface area contributed by atoms with Crippen molar-refractivity contribution in [2.24, 2.45) is 11.7 Å². The quantitative estimate of drug-likeness (QED) is 0.830. The molecule has 1 fully saturated rings. The lowest BCUT2D eigenvalue weighted by Gasteiger charge is -2.32. The highest BCUT2D eigenvalue weighted by atomic mass is 16.1. The number of amides is 1. The van der Waals surface area contributed by atoms with Gasteiger partial charge in [0.05, 0.1) is 0 Å². The monoisotopic (exact) mass is 232 g/mol. The van der Waals surface area contributed by atoms with Crippen LogP contribution in [0.1, 0.15) is 35.7 Å². The molecule has 0 saturated heterocycles. The fourth-order valence-corrected chi connectivity index (χ4v) is 2.18. The molecular weight excluding hydrogens is 212 g/mol. The lowest BCUT2D eigenvalue weighted by molar-refractivity contribution is 0.0935. The molecule has 0 spiro atoms. The van der Waals surface area contributed by atoms with Gasteiger partial charge in [-0.1, -0.05) is 19.1 Å². The van der Waals surface area contributed by atoms with Crippen LogP contribution in [-0.2, 0) is 6.42 Å². The molecule has 1 aromatic rings. The van der Waals surface area contributed by atoms with Gasteiger partial charge in [0.1, 0.15) is 0 Å². The molecule has 0 bridgehead atoms. The Balaban J connectivity index is 1.82. The Morgan fingerprint density at radius 3 is 2.53 bits per heavy atom. The molecule has 0 heterocycles. The van der Waals surface area contributed by atoms with Crippen LogP contribution in [0, 0.1) is 5.92 Å². The summed E-state index contributed by atoms with van der Waals surface area (Å²) in [6, 6.07) is 8.14. The molecular formula is C14H20N2O. The minimum atomic E-state index is 0.0214. The second kappa shape index (κ2) is 5.32. The molecule has 0 aromatic heterocycles. The van der Waals surface area contributed by atoms with Gasteiger partial charge >= 0.3 is 0 Å². The van der Waals surface area contributed by atoms with Gasteiger partial charge in [-0.3, -0.25) is 4.79 Å². The van der Waals surface area contributed by atoms with Crippen LogP contribution in [0.3, 0.4) is 0 Å². The average molecular weight is 232 g/mol. The van der Waals surface area contributed by atoms with Gasteiger partial charge in [-0.25, -0.2) is 0 Å². The van der Waals surface area contributed by atoms with Gasteiger partial charge in [-0.2, -0.15) is 0 Å². The van der Waals surface area contributed by atoms with Crippen LogP contribution in [0.4, 0.5) is 0 Å². The molecule has 0 atom stereocenters. The highest BCUT2D eigenvalue weighted by molar-refractivity contribution is 5.94. The standard InChI is InChI=1S/C14H20N2O/c1-2-10-3-5-12(6-4-10)14(17)16-9-11-7-13(15)8-11/h3-6,11,13H,2,7-9,15H2,1H3,(H,16,17). The largest absolute Gasteiger partial charge is 0.352 e. The number of aryl methyl sites for hydroxylation is 1. The summed E-state index contributed by atoms with van der Waals surface area (Å²) in [4.78, 5) is 11.8. The average Bonchev–Trinajstić information content (AvgIpc) is 2.33.